The lowest BCUT2D eigenvalue weighted by molar-refractivity contribution is 0.308. The molecule has 0 atom stereocenters. The van der Waals surface area contributed by atoms with E-state index in [1.54, 1.807) is 0 Å². The first kappa shape index (κ1) is 12.0. The maximum absolute atomic E-state index is 10.7. The maximum atomic E-state index is 10.7. The second-order valence-corrected chi connectivity index (χ2v) is 3.31. The first-order valence-corrected chi connectivity index (χ1v) is 4.75. The molecule has 0 fully saturated rings. The number of rotatable bonds is 2. The third-order valence-corrected chi connectivity index (χ3v) is 2.07. The Morgan fingerprint density at radius 3 is 2.31 bits per heavy atom. The van der Waals surface area contributed by atoms with Gasteiger partial charge in [0.15, 0.2) is 0 Å². The van der Waals surface area contributed by atoms with Crippen molar-refractivity contribution in [2.75, 3.05) is 0 Å². The summed E-state index contributed by atoms with van der Waals surface area (Å²) in [5.74, 6) is 0.727. The zero-order valence-corrected chi connectivity index (χ0v) is 9.10. The molecule has 3 heteroatoms. The molecule has 0 saturated carbocycles. The summed E-state index contributed by atoms with van der Waals surface area (Å²) in [4.78, 5) is 10.7. The average molecular weight is 185 g/mol. The molecule has 0 amide bonds. The molecule has 1 aromatic rings. The van der Waals surface area contributed by atoms with Gasteiger partial charge in [0.1, 0.15) is 5.76 Å². The standard InChI is InChI=1S/C8H13NO2.C2H6/c1-4-8(2,3)6-5-7(10)9-11-6;1-2/h5H,4H2,1-3H3,(H,9,10);1-2H3. The van der Waals surface area contributed by atoms with E-state index in [4.69, 9.17) is 4.52 Å². The molecule has 1 aromatic heterocycles. The van der Waals surface area contributed by atoms with Crippen LogP contribution in [0.4, 0.5) is 0 Å². The minimum Gasteiger partial charge on any atom is -0.383 e. The maximum Gasteiger partial charge on any atom is 0.280 e. The Morgan fingerprint density at radius 2 is 2.00 bits per heavy atom. The third-order valence-electron chi connectivity index (χ3n) is 2.07. The fourth-order valence-electron chi connectivity index (χ4n) is 0.791. The van der Waals surface area contributed by atoms with Gasteiger partial charge < -0.3 is 4.52 Å². The van der Waals surface area contributed by atoms with Crippen LogP contribution in [0.15, 0.2) is 15.4 Å². The zero-order chi connectivity index (χ0) is 10.5. The predicted molar refractivity (Wildman–Crippen MR) is 54.0 cm³/mol. The molecule has 1 heterocycles. The SMILES string of the molecule is CC.CCC(C)(C)c1cc(=O)[nH]o1. The lowest BCUT2D eigenvalue weighted by atomic mass is 9.88. The van der Waals surface area contributed by atoms with Crippen LogP contribution < -0.4 is 5.56 Å². The van der Waals surface area contributed by atoms with Crippen molar-refractivity contribution in [2.24, 2.45) is 0 Å². The Hall–Kier alpha value is -0.990. The second-order valence-electron chi connectivity index (χ2n) is 3.31. The summed E-state index contributed by atoms with van der Waals surface area (Å²) in [6, 6.07) is 1.50. The Morgan fingerprint density at radius 1 is 1.46 bits per heavy atom. The van der Waals surface area contributed by atoms with Crippen LogP contribution in [0.5, 0.6) is 0 Å². The topological polar surface area (TPSA) is 46.0 Å². The molecule has 13 heavy (non-hydrogen) atoms. The highest BCUT2D eigenvalue weighted by atomic mass is 16.5. The van der Waals surface area contributed by atoms with E-state index in [-0.39, 0.29) is 11.0 Å². The lowest BCUT2D eigenvalue weighted by Crippen LogP contribution is -2.14. The third kappa shape index (κ3) is 3.09. The molecular weight excluding hydrogens is 166 g/mol. The van der Waals surface area contributed by atoms with Crippen LogP contribution in [0.1, 0.15) is 46.8 Å². The molecule has 0 unspecified atom stereocenters. The number of aromatic nitrogens is 1. The van der Waals surface area contributed by atoms with E-state index in [2.05, 4.69) is 12.1 Å². The van der Waals surface area contributed by atoms with Gasteiger partial charge in [0.25, 0.3) is 5.56 Å². The molecule has 1 N–H and O–H groups in total. The molecule has 0 saturated heterocycles. The summed E-state index contributed by atoms with van der Waals surface area (Å²) in [6.45, 7) is 10.1. The van der Waals surface area contributed by atoms with Gasteiger partial charge >= 0.3 is 0 Å². The number of aromatic amines is 1. The van der Waals surface area contributed by atoms with Crippen molar-refractivity contribution >= 4 is 0 Å². The van der Waals surface area contributed by atoms with Crippen LogP contribution in [0.3, 0.4) is 0 Å². The predicted octanol–water partition coefficient (Wildman–Crippen LogP) is 2.68. The molecule has 1 rings (SSSR count). The summed E-state index contributed by atoms with van der Waals surface area (Å²) in [5.41, 5.74) is -0.208. The van der Waals surface area contributed by atoms with E-state index >= 15 is 0 Å². The Bertz CT molecular complexity index is 283. The van der Waals surface area contributed by atoms with Crippen molar-refractivity contribution in [2.45, 2.75) is 46.5 Å². The van der Waals surface area contributed by atoms with Gasteiger partial charge in [-0.2, -0.15) is 5.16 Å². The Balaban J connectivity index is 0.000000671. The molecule has 0 aliphatic rings. The highest BCUT2D eigenvalue weighted by Crippen LogP contribution is 2.24. The van der Waals surface area contributed by atoms with E-state index in [9.17, 15) is 4.79 Å². The molecule has 0 aliphatic carbocycles. The van der Waals surface area contributed by atoms with Crippen molar-refractivity contribution in [3.8, 4) is 0 Å². The van der Waals surface area contributed by atoms with Gasteiger partial charge in [-0.15, -0.1) is 0 Å². The second kappa shape index (κ2) is 4.90. The summed E-state index contributed by atoms with van der Waals surface area (Å²) in [6.07, 6.45) is 0.952. The molecule has 0 aromatic carbocycles. The van der Waals surface area contributed by atoms with Gasteiger partial charge in [0, 0.05) is 11.5 Å². The van der Waals surface area contributed by atoms with Crippen LogP contribution in [0, 0.1) is 0 Å². The van der Waals surface area contributed by atoms with E-state index < -0.39 is 0 Å². The number of hydrogen-bond donors (Lipinski definition) is 1. The summed E-state index contributed by atoms with van der Waals surface area (Å²) < 4.78 is 4.98. The normalized spacial score (nSPS) is 10.5. The van der Waals surface area contributed by atoms with Crippen molar-refractivity contribution in [3.05, 3.63) is 22.2 Å². The van der Waals surface area contributed by atoms with Crippen molar-refractivity contribution in [3.63, 3.8) is 0 Å². The minimum atomic E-state index is -0.165. The van der Waals surface area contributed by atoms with Gasteiger partial charge in [-0.25, -0.2) is 0 Å². The first-order valence-electron chi connectivity index (χ1n) is 4.75. The van der Waals surface area contributed by atoms with Crippen molar-refractivity contribution in [1.82, 2.24) is 5.16 Å². The zero-order valence-electron chi connectivity index (χ0n) is 9.10. The summed E-state index contributed by atoms with van der Waals surface area (Å²) in [7, 11) is 0. The lowest BCUT2D eigenvalue weighted by Gasteiger charge is -2.17. The van der Waals surface area contributed by atoms with E-state index in [1.165, 1.54) is 6.07 Å². The highest BCUT2D eigenvalue weighted by molar-refractivity contribution is 5.07. The van der Waals surface area contributed by atoms with Crippen molar-refractivity contribution < 1.29 is 4.52 Å². The highest BCUT2D eigenvalue weighted by Gasteiger charge is 2.22. The molecule has 0 aliphatic heterocycles. The van der Waals surface area contributed by atoms with Gasteiger partial charge in [0.05, 0.1) is 0 Å². The first-order chi connectivity index (χ1) is 6.06. The Labute approximate surface area is 79.1 Å². The molecule has 3 nitrogen and oxygen atoms in total. The molecule has 0 bridgehead atoms. The van der Waals surface area contributed by atoms with Crippen molar-refractivity contribution in [1.29, 1.82) is 0 Å². The van der Waals surface area contributed by atoms with Gasteiger partial charge in [-0.05, 0) is 6.42 Å². The quantitative estimate of drug-likeness (QED) is 0.770. The van der Waals surface area contributed by atoms with E-state index in [1.807, 2.05) is 27.7 Å². The van der Waals surface area contributed by atoms with Gasteiger partial charge in [0.2, 0.25) is 0 Å². The van der Waals surface area contributed by atoms with Crippen LogP contribution in [-0.4, -0.2) is 5.16 Å². The summed E-state index contributed by atoms with van der Waals surface area (Å²) >= 11 is 0. The smallest absolute Gasteiger partial charge is 0.280 e. The minimum absolute atomic E-state index is 0.0425. The number of hydrogen-bond acceptors (Lipinski definition) is 2. The molecule has 0 spiro atoms. The number of nitrogens with one attached hydrogen (secondary N) is 1. The average Bonchev–Trinajstić information content (AvgIpc) is 2.56. The fourth-order valence-corrected chi connectivity index (χ4v) is 0.791. The Kier molecular flexibility index (Phi) is 4.52. The van der Waals surface area contributed by atoms with E-state index in [0.717, 1.165) is 12.2 Å². The summed E-state index contributed by atoms with van der Waals surface area (Å²) in [5, 5.41) is 2.28. The van der Waals surface area contributed by atoms with Crippen LogP contribution in [0.25, 0.3) is 0 Å². The molecule has 76 valence electrons. The molecule has 0 radical (unpaired) electrons. The van der Waals surface area contributed by atoms with Crippen LogP contribution >= 0.6 is 0 Å². The van der Waals surface area contributed by atoms with Gasteiger partial charge in [-0.3, -0.25) is 4.79 Å². The van der Waals surface area contributed by atoms with Crippen LogP contribution in [-0.2, 0) is 5.41 Å². The number of H-pyrrole nitrogens is 1. The van der Waals surface area contributed by atoms with Crippen LogP contribution in [0.2, 0.25) is 0 Å². The molecular formula is C10H19NO2. The van der Waals surface area contributed by atoms with E-state index in [0.29, 0.717) is 0 Å². The van der Waals surface area contributed by atoms with Gasteiger partial charge in [-0.1, -0.05) is 34.6 Å². The largest absolute Gasteiger partial charge is 0.383 e. The fraction of sp³-hybridized carbons (Fsp3) is 0.700. The monoisotopic (exact) mass is 185 g/mol.